The molecule has 0 radical (unpaired) electrons. The highest BCUT2D eigenvalue weighted by molar-refractivity contribution is 5.82. The first kappa shape index (κ1) is 11.9. The summed E-state index contributed by atoms with van der Waals surface area (Å²) in [6, 6.07) is 0. The fourth-order valence-electron chi connectivity index (χ4n) is 2.59. The number of nitrogens with one attached hydrogen (secondary N) is 1. The summed E-state index contributed by atoms with van der Waals surface area (Å²) >= 11 is 0. The lowest BCUT2D eigenvalue weighted by Crippen LogP contribution is -2.50. The molecule has 1 aliphatic carbocycles. The van der Waals surface area contributed by atoms with Crippen molar-refractivity contribution in [2.24, 2.45) is 11.3 Å². The van der Waals surface area contributed by atoms with Gasteiger partial charge >= 0.3 is 0 Å². The van der Waals surface area contributed by atoms with Crippen LogP contribution in [0.3, 0.4) is 0 Å². The van der Waals surface area contributed by atoms with Gasteiger partial charge in [-0.1, -0.05) is 0 Å². The molecule has 2 fully saturated rings. The average Bonchev–Trinajstić information content (AvgIpc) is 3.10. The molecule has 0 bridgehead atoms. The lowest BCUT2D eigenvalue weighted by Gasteiger charge is -2.37. The Hall–Kier alpha value is -0.570. The van der Waals surface area contributed by atoms with E-state index < -0.39 is 0 Å². The molecule has 1 N–H and O–H groups in total. The Morgan fingerprint density at radius 1 is 1.50 bits per heavy atom. The van der Waals surface area contributed by atoms with Crippen LogP contribution in [0.2, 0.25) is 0 Å². The van der Waals surface area contributed by atoms with Crippen LogP contribution in [0, 0.1) is 11.3 Å². The van der Waals surface area contributed by atoms with Gasteiger partial charge in [-0.05, 0) is 52.0 Å². The number of carbonyl (C=O) groups is 1. The van der Waals surface area contributed by atoms with Crippen molar-refractivity contribution in [2.75, 3.05) is 26.2 Å². The molecule has 0 aromatic carbocycles. The number of piperidine rings is 1. The van der Waals surface area contributed by atoms with Crippen molar-refractivity contribution >= 4 is 5.91 Å². The topological polar surface area (TPSA) is 32.3 Å². The Kier molecular flexibility index (Phi) is 3.53. The zero-order valence-corrected chi connectivity index (χ0v) is 10.6. The van der Waals surface area contributed by atoms with E-state index in [0.717, 1.165) is 44.9 Å². The summed E-state index contributed by atoms with van der Waals surface area (Å²) in [6.45, 7) is 8.00. The Balaban J connectivity index is 1.96. The molecule has 1 unspecified atom stereocenters. The molecule has 1 amide bonds. The Bertz CT molecular complexity index is 255. The lowest BCUT2D eigenvalue weighted by molar-refractivity contribution is -0.142. The molecule has 3 heteroatoms. The number of hydrogen-bond donors (Lipinski definition) is 1. The average molecular weight is 224 g/mol. The first-order chi connectivity index (χ1) is 7.65. The second-order valence-electron chi connectivity index (χ2n) is 5.63. The second kappa shape index (κ2) is 4.74. The Labute approximate surface area is 98.6 Å². The zero-order chi connectivity index (χ0) is 11.6. The fourth-order valence-corrected chi connectivity index (χ4v) is 2.59. The maximum absolute atomic E-state index is 12.5. The van der Waals surface area contributed by atoms with Crippen LogP contribution in [-0.2, 0) is 4.79 Å². The Morgan fingerprint density at radius 3 is 2.75 bits per heavy atom. The molecule has 1 saturated heterocycles. The zero-order valence-electron chi connectivity index (χ0n) is 10.6. The third-order valence-corrected chi connectivity index (χ3v) is 3.96. The molecule has 1 atom stereocenters. The maximum Gasteiger partial charge on any atom is 0.229 e. The summed E-state index contributed by atoms with van der Waals surface area (Å²) in [5.74, 6) is 1.16. The van der Waals surface area contributed by atoms with E-state index in [1.54, 1.807) is 0 Å². The number of nitrogens with zero attached hydrogens (tertiary/aromatic N) is 1. The van der Waals surface area contributed by atoms with Gasteiger partial charge in [0.25, 0.3) is 0 Å². The van der Waals surface area contributed by atoms with Gasteiger partial charge in [0.05, 0.1) is 5.41 Å². The number of carbonyl (C=O) groups excluding carboxylic acids is 1. The predicted octanol–water partition coefficient (Wildman–Crippen LogP) is 1.63. The van der Waals surface area contributed by atoms with Crippen LogP contribution in [0.4, 0.5) is 0 Å². The number of hydrogen-bond acceptors (Lipinski definition) is 2. The van der Waals surface area contributed by atoms with Crippen molar-refractivity contribution in [2.45, 2.75) is 39.5 Å². The van der Waals surface area contributed by atoms with Gasteiger partial charge < -0.3 is 10.2 Å². The van der Waals surface area contributed by atoms with Crippen LogP contribution in [0.1, 0.15) is 39.5 Å². The van der Waals surface area contributed by atoms with Gasteiger partial charge in [0.15, 0.2) is 0 Å². The summed E-state index contributed by atoms with van der Waals surface area (Å²) < 4.78 is 0. The minimum Gasteiger partial charge on any atom is -0.342 e. The van der Waals surface area contributed by atoms with E-state index in [4.69, 9.17) is 0 Å². The monoisotopic (exact) mass is 224 g/mol. The van der Waals surface area contributed by atoms with E-state index >= 15 is 0 Å². The van der Waals surface area contributed by atoms with Crippen LogP contribution in [0.15, 0.2) is 0 Å². The van der Waals surface area contributed by atoms with Crippen molar-refractivity contribution in [1.82, 2.24) is 10.2 Å². The second-order valence-corrected chi connectivity index (χ2v) is 5.63. The quantitative estimate of drug-likeness (QED) is 0.787. The molecule has 0 aromatic heterocycles. The van der Waals surface area contributed by atoms with Crippen molar-refractivity contribution in [3.8, 4) is 0 Å². The summed E-state index contributed by atoms with van der Waals surface area (Å²) in [6.07, 6.45) is 4.81. The van der Waals surface area contributed by atoms with Crippen molar-refractivity contribution < 1.29 is 4.79 Å². The van der Waals surface area contributed by atoms with E-state index in [0.29, 0.717) is 5.91 Å². The van der Waals surface area contributed by atoms with Crippen molar-refractivity contribution in [1.29, 1.82) is 0 Å². The van der Waals surface area contributed by atoms with E-state index in [2.05, 4.69) is 24.1 Å². The highest BCUT2D eigenvalue weighted by atomic mass is 16.2. The highest BCUT2D eigenvalue weighted by Gasteiger charge is 2.38. The maximum atomic E-state index is 12.5. The molecule has 92 valence electrons. The third-order valence-electron chi connectivity index (χ3n) is 3.96. The van der Waals surface area contributed by atoms with E-state index in [1.165, 1.54) is 12.8 Å². The fraction of sp³-hybridized carbons (Fsp3) is 0.923. The predicted molar refractivity (Wildman–Crippen MR) is 65.2 cm³/mol. The molecular formula is C13H24N2O. The summed E-state index contributed by atoms with van der Waals surface area (Å²) in [5.41, 5.74) is -0.150. The third kappa shape index (κ3) is 2.57. The lowest BCUT2D eigenvalue weighted by atomic mass is 9.81. The molecule has 2 aliphatic rings. The smallest absolute Gasteiger partial charge is 0.229 e. The van der Waals surface area contributed by atoms with Gasteiger partial charge in [0.2, 0.25) is 5.91 Å². The van der Waals surface area contributed by atoms with E-state index in [-0.39, 0.29) is 5.41 Å². The van der Waals surface area contributed by atoms with Gasteiger partial charge in [0.1, 0.15) is 0 Å². The molecule has 3 nitrogen and oxygen atoms in total. The number of amides is 1. The van der Waals surface area contributed by atoms with Gasteiger partial charge in [-0.2, -0.15) is 0 Å². The van der Waals surface area contributed by atoms with E-state index in [9.17, 15) is 4.79 Å². The van der Waals surface area contributed by atoms with Gasteiger partial charge in [-0.25, -0.2) is 0 Å². The molecule has 0 aromatic rings. The van der Waals surface area contributed by atoms with E-state index in [1.807, 2.05) is 0 Å². The molecular weight excluding hydrogens is 200 g/mol. The normalized spacial score (nSPS) is 30.1. The van der Waals surface area contributed by atoms with Gasteiger partial charge in [-0.15, -0.1) is 0 Å². The van der Waals surface area contributed by atoms with Crippen LogP contribution >= 0.6 is 0 Å². The standard InChI is InChI=1S/C13H24N2O/c1-3-15(9-11-5-6-11)12(16)13(2)7-4-8-14-10-13/h11,14H,3-10H2,1-2H3. The molecule has 2 rings (SSSR count). The summed E-state index contributed by atoms with van der Waals surface area (Å²) in [5, 5.41) is 3.36. The Morgan fingerprint density at radius 2 is 2.25 bits per heavy atom. The van der Waals surface area contributed by atoms with Crippen LogP contribution in [-0.4, -0.2) is 37.0 Å². The first-order valence-electron chi connectivity index (χ1n) is 6.66. The first-order valence-corrected chi connectivity index (χ1v) is 6.66. The molecule has 1 saturated carbocycles. The van der Waals surface area contributed by atoms with Gasteiger partial charge in [-0.3, -0.25) is 4.79 Å². The highest BCUT2D eigenvalue weighted by Crippen LogP contribution is 2.33. The van der Waals surface area contributed by atoms with Crippen LogP contribution < -0.4 is 5.32 Å². The minimum absolute atomic E-state index is 0.150. The van der Waals surface area contributed by atoms with Crippen molar-refractivity contribution in [3.63, 3.8) is 0 Å². The largest absolute Gasteiger partial charge is 0.342 e. The molecule has 16 heavy (non-hydrogen) atoms. The minimum atomic E-state index is -0.150. The summed E-state index contributed by atoms with van der Waals surface area (Å²) in [7, 11) is 0. The number of rotatable bonds is 4. The SMILES string of the molecule is CCN(CC1CC1)C(=O)C1(C)CCCNC1. The van der Waals surface area contributed by atoms with Gasteiger partial charge in [0, 0.05) is 19.6 Å². The van der Waals surface area contributed by atoms with Crippen LogP contribution in [0.5, 0.6) is 0 Å². The summed E-state index contributed by atoms with van der Waals surface area (Å²) in [4.78, 5) is 14.6. The van der Waals surface area contributed by atoms with Crippen LogP contribution in [0.25, 0.3) is 0 Å². The molecule has 1 heterocycles. The molecule has 1 aliphatic heterocycles. The molecule has 0 spiro atoms. The van der Waals surface area contributed by atoms with Crippen molar-refractivity contribution in [3.05, 3.63) is 0 Å².